The normalized spacial score (nSPS) is 13.1. The van der Waals surface area contributed by atoms with E-state index in [4.69, 9.17) is 10.8 Å². The first-order chi connectivity index (χ1) is 7.70. The van der Waals surface area contributed by atoms with Crippen LogP contribution in [0.1, 0.15) is 6.92 Å². The predicted molar refractivity (Wildman–Crippen MR) is 63.1 cm³/mol. The first-order valence-electron chi connectivity index (χ1n) is 4.91. The van der Waals surface area contributed by atoms with E-state index in [1.54, 1.807) is 18.0 Å². The molecule has 0 aliphatic rings. The van der Waals surface area contributed by atoms with Gasteiger partial charge in [0.25, 0.3) is 0 Å². The molecule has 0 aliphatic heterocycles. The number of H-pyrrole nitrogens is 1. The second-order valence-corrected chi connectivity index (χ2v) is 4.63. The first-order valence-corrected chi connectivity index (χ1v) is 5.89. The summed E-state index contributed by atoms with van der Waals surface area (Å²) in [4.78, 5) is 8.20. The van der Waals surface area contributed by atoms with E-state index in [1.165, 1.54) is 0 Å². The Balaban J connectivity index is 2.25. The van der Waals surface area contributed by atoms with E-state index >= 15 is 0 Å². The maximum atomic E-state index is 8.95. The van der Waals surface area contributed by atoms with Gasteiger partial charge in [0.2, 0.25) is 5.95 Å². The van der Waals surface area contributed by atoms with E-state index in [0.29, 0.717) is 5.65 Å². The van der Waals surface area contributed by atoms with Gasteiger partial charge in [0.1, 0.15) is 5.03 Å². The lowest BCUT2D eigenvalue weighted by molar-refractivity contribution is 0.250. The number of nitrogens with two attached hydrogens (primary N) is 1. The van der Waals surface area contributed by atoms with Gasteiger partial charge in [-0.1, -0.05) is 6.92 Å². The van der Waals surface area contributed by atoms with Crippen LogP contribution in [0.5, 0.6) is 0 Å². The fourth-order valence-corrected chi connectivity index (χ4v) is 2.22. The van der Waals surface area contributed by atoms with Gasteiger partial charge in [-0.2, -0.15) is 10.1 Å². The fraction of sp³-hybridized carbons (Fsp3) is 0.444. The van der Waals surface area contributed by atoms with Crippen molar-refractivity contribution in [3.8, 4) is 0 Å². The Hall–Kier alpha value is -1.34. The number of aliphatic hydroxyl groups excluding tert-OH is 1. The van der Waals surface area contributed by atoms with Crippen LogP contribution in [0.15, 0.2) is 11.2 Å². The number of nitrogen functional groups attached to an aromatic ring is 1. The highest BCUT2D eigenvalue weighted by Crippen LogP contribution is 2.25. The molecule has 2 heterocycles. The molecule has 0 aromatic carbocycles. The average molecular weight is 239 g/mol. The van der Waals surface area contributed by atoms with Gasteiger partial charge in [0.15, 0.2) is 5.65 Å². The van der Waals surface area contributed by atoms with Gasteiger partial charge in [0, 0.05) is 12.4 Å². The van der Waals surface area contributed by atoms with Gasteiger partial charge in [-0.25, -0.2) is 4.98 Å². The third-order valence-electron chi connectivity index (χ3n) is 2.11. The molecular weight excluding hydrogens is 226 g/mol. The minimum Gasteiger partial charge on any atom is -0.396 e. The smallest absolute Gasteiger partial charge is 0.223 e. The van der Waals surface area contributed by atoms with Crippen LogP contribution >= 0.6 is 11.8 Å². The van der Waals surface area contributed by atoms with E-state index in [-0.39, 0.29) is 18.5 Å². The summed E-state index contributed by atoms with van der Waals surface area (Å²) in [6.07, 6.45) is 1.68. The van der Waals surface area contributed by atoms with Crippen molar-refractivity contribution in [2.24, 2.45) is 5.92 Å². The third kappa shape index (κ3) is 2.25. The molecule has 16 heavy (non-hydrogen) atoms. The van der Waals surface area contributed by atoms with Gasteiger partial charge in [-0.05, 0) is 5.92 Å². The van der Waals surface area contributed by atoms with Gasteiger partial charge < -0.3 is 10.8 Å². The van der Waals surface area contributed by atoms with Crippen molar-refractivity contribution in [1.29, 1.82) is 0 Å². The summed E-state index contributed by atoms with van der Waals surface area (Å²) in [6.45, 7) is 2.15. The Labute approximate surface area is 96.7 Å². The number of hydrogen-bond donors (Lipinski definition) is 3. The highest BCUT2D eigenvalue weighted by molar-refractivity contribution is 7.99. The maximum Gasteiger partial charge on any atom is 0.223 e. The number of fused-ring (bicyclic) bond motifs is 1. The number of hydrogen-bond acceptors (Lipinski definition) is 6. The number of aliphatic hydroxyl groups is 1. The number of thioether (sulfide) groups is 1. The molecule has 0 amide bonds. The van der Waals surface area contributed by atoms with E-state index in [2.05, 4.69) is 20.2 Å². The lowest BCUT2D eigenvalue weighted by atomic mass is 10.2. The van der Waals surface area contributed by atoms with E-state index < -0.39 is 0 Å². The molecule has 0 radical (unpaired) electrons. The Morgan fingerprint density at radius 1 is 1.56 bits per heavy atom. The molecule has 2 rings (SSSR count). The third-order valence-corrected chi connectivity index (χ3v) is 3.43. The van der Waals surface area contributed by atoms with Crippen molar-refractivity contribution >= 4 is 28.7 Å². The molecule has 1 atom stereocenters. The topological polar surface area (TPSA) is 101 Å². The van der Waals surface area contributed by atoms with Gasteiger partial charge in [-0.3, -0.25) is 5.10 Å². The summed E-state index contributed by atoms with van der Waals surface area (Å²) >= 11 is 1.55. The Morgan fingerprint density at radius 2 is 2.38 bits per heavy atom. The van der Waals surface area contributed by atoms with Crippen molar-refractivity contribution in [2.75, 3.05) is 18.1 Å². The van der Waals surface area contributed by atoms with Crippen molar-refractivity contribution < 1.29 is 5.11 Å². The largest absolute Gasteiger partial charge is 0.396 e. The van der Waals surface area contributed by atoms with Gasteiger partial charge >= 0.3 is 0 Å². The Morgan fingerprint density at radius 3 is 3.12 bits per heavy atom. The van der Waals surface area contributed by atoms with Crippen molar-refractivity contribution in [1.82, 2.24) is 20.2 Å². The second-order valence-electron chi connectivity index (χ2n) is 3.62. The van der Waals surface area contributed by atoms with Gasteiger partial charge in [-0.15, -0.1) is 11.8 Å². The van der Waals surface area contributed by atoms with E-state index in [1.807, 2.05) is 6.92 Å². The van der Waals surface area contributed by atoms with Crippen LogP contribution in [0.25, 0.3) is 11.0 Å². The van der Waals surface area contributed by atoms with Crippen LogP contribution in [-0.4, -0.2) is 37.6 Å². The van der Waals surface area contributed by atoms with Crippen molar-refractivity contribution in [2.45, 2.75) is 11.9 Å². The van der Waals surface area contributed by atoms with Crippen molar-refractivity contribution in [3.63, 3.8) is 0 Å². The second kappa shape index (κ2) is 4.67. The van der Waals surface area contributed by atoms with Crippen LogP contribution in [0.3, 0.4) is 0 Å². The summed E-state index contributed by atoms with van der Waals surface area (Å²) < 4.78 is 0. The highest BCUT2D eigenvalue weighted by Gasteiger charge is 2.10. The molecule has 0 fully saturated rings. The number of nitrogens with zero attached hydrogens (tertiary/aromatic N) is 3. The maximum absolute atomic E-state index is 8.95. The fourth-order valence-electron chi connectivity index (χ4n) is 1.21. The lowest BCUT2D eigenvalue weighted by Gasteiger charge is -2.07. The number of nitrogens with one attached hydrogen (secondary N) is 1. The summed E-state index contributed by atoms with van der Waals surface area (Å²) in [5, 5.41) is 17.3. The lowest BCUT2D eigenvalue weighted by Crippen LogP contribution is -2.04. The van der Waals surface area contributed by atoms with E-state index in [9.17, 15) is 0 Å². The van der Waals surface area contributed by atoms with E-state index in [0.717, 1.165) is 16.2 Å². The number of aromatic nitrogens is 4. The molecule has 1 unspecified atom stereocenters. The standard InChI is InChI=1S/C9H13N5OS/c1-5(3-15)4-16-8-6-2-11-14-7(6)12-9(10)13-8/h2,5,15H,3-4H2,1H3,(H3,10,11,12,13,14). The van der Waals surface area contributed by atoms with Crippen LogP contribution in [0.2, 0.25) is 0 Å². The predicted octanol–water partition coefficient (Wildman–Crippen LogP) is 0.656. The molecule has 86 valence electrons. The zero-order chi connectivity index (χ0) is 11.5. The van der Waals surface area contributed by atoms with Crippen LogP contribution in [-0.2, 0) is 0 Å². The highest BCUT2D eigenvalue weighted by atomic mass is 32.2. The Bertz CT molecular complexity index is 486. The summed E-state index contributed by atoms with van der Waals surface area (Å²) in [5.74, 6) is 1.24. The quantitative estimate of drug-likeness (QED) is 0.535. The van der Waals surface area contributed by atoms with Crippen LogP contribution in [0, 0.1) is 5.92 Å². The molecule has 2 aromatic rings. The number of rotatable bonds is 4. The first kappa shape index (κ1) is 11.2. The SMILES string of the molecule is CC(CO)CSc1nc(N)nc2[nH]ncc12. The molecule has 0 saturated heterocycles. The minimum atomic E-state index is 0.169. The number of anilines is 1. The molecular formula is C9H13N5OS. The molecule has 7 heteroatoms. The molecule has 0 saturated carbocycles. The molecule has 0 aliphatic carbocycles. The monoisotopic (exact) mass is 239 g/mol. The zero-order valence-corrected chi connectivity index (χ0v) is 9.66. The number of aromatic amines is 1. The Kier molecular flexibility index (Phi) is 3.25. The summed E-state index contributed by atoms with van der Waals surface area (Å²) in [6, 6.07) is 0. The van der Waals surface area contributed by atoms with Crippen molar-refractivity contribution in [3.05, 3.63) is 6.20 Å². The van der Waals surface area contributed by atoms with Crippen LogP contribution < -0.4 is 5.73 Å². The summed E-state index contributed by atoms with van der Waals surface area (Å²) in [7, 11) is 0. The average Bonchev–Trinajstić information content (AvgIpc) is 2.73. The summed E-state index contributed by atoms with van der Waals surface area (Å²) in [5.41, 5.74) is 6.24. The molecule has 0 spiro atoms. The minimum absolute atomic E-state index is 0.169. The van der Waals surface area contributed by atoms with Crippen LogP contribution in [0.4, 0.5) is 5.95 Å². The molecule has 0 bridgehead atoms. The molecule has 2 aromatic heterocycles. The molecule has 4 N–H and O–H groups in total. The van der Waals surface area contributed by atoms with Gasteiger partial charge in [0.05, 0.1) is 11.6 Å². The zero-order valence-electron chi connectivity index (χ0n) is 8.84. The molecule has 6 nitrogen and oxygen atoms in total.